The Morgan fingerprint density at radius 3 is 2.30 bits per heavy atom. The van der Waals surface area contributed by atoms with E-state index in [2.05, 4.69) is 36.2 Å². The molecule has 2 aromatic rings. The molecule has 2 aromatic heterocycles. The molecule has 3 atom stereocenters. The van der Waals surface area contributed by atoms with E-state index in [4.69, 9.17) is 10.5 Å². The van der Waals surface area contributed by atoms with Crippen molar-refractivity contribution >= 4 is 17.4 Å². The number of amides is 1. The first-order valence-corrected chi connectivity index (χ1v) is 16.7. The van der Waals surface area contributed by atoms with Crippen LogP contribution in [0.15, 0.2) is 12.4 Å². The van der Waals surface area contributed by atoms with E-state index in [1.54, 1.807) is 16.9 Å². The molecule has 11 heteroatoms. The van der Waals surface area contributed by atoms with Crippen molar-refractivity contribution in [1.29, 1.82) is 5.26 Å². The molecule has 6 rings (SSSR count). The monoisotopic (exact) mass is 591 g/mol. The van der Waals surface area contributed by atoms with E-state index in [0.29, 0.717) is 23.3 Å². The van der Waals surface area contributed by atoms with Crippen molar-refractivity contribution in [3.05, 3.63) is 23.5 Å². The summed E-state index contributed by atoms with van der Waals surface area (Å²) in [7, 11) is 0. The molecular formula is C32H49N9O2. The molecule has 1 amide bonds. The average molecular weight is 592 g/mol. The Balaban J connectivity index is 1.20. The summed E-state index contributed by atoms with van der Waals surface area (Å²) in [5.74, 6) is -0.374. The summed E-state index contributed by atoms with van der Waals surface area (Å²) in [6.45, 7) is 9.57. The van der Waals surface area contributed by atoms with Crippen molar-refractivity contribution in [3.63, 3.8) is 0 Å². The largest absolute Gasteiger partial charge is 0.381 e. The second-order valence-electron chi connectivity index (χ2n) is 13.2. The molecule has 234 valence electrons. The topological polar surface area (TPSA) is 128 Å². The van der Waals surface area contributed by atoms with Gasteiger partial charge in [-0.15, -0.1) is 5.10 Å². The number of hydrogen-bond donors (Lipinski definition) is 2. The molecule has 0 radical (unpaired) electrons. The van der Waals surface area contributed by atoms with Crippen molar-refractivity contribution in [3.8, 4) is 6.07 Å². The van der Waals surface area contributed by atoms with Gasteiger partial charge in [0.2, 0.25) is 0 Å². The number of nitrogens with zero attached hydrogens (tertiary/aromatic N) is 7. The van der Waals surface area contributed by atoms with Gasteiger partial charge in [-0.25, -0.2) is 9.50 Å². The Hall–Kier alpha value is -2.78. The van der Waals surface area contributed by atoms with Crippen LogP contribution in [0.1, 0.15) is 93.0 Å². The molecule has 3 saturated heterocycles. The maximum Gasteiger partial charge on any atom is 0.259 e. The fraction of sp³-hybridized carbons (Fsp3) is 0.750. The second-order valence-corrected chi connectivity index (χ2v) is 13.2. The van der Waals surface area contributed by atoms with Gasteiger partial charge < -0.3 is 15.8 Å². The van der Waals surface area contributed by atoms with Gasteiger partial charge in [-0.1, -0.05) is 44.9 Å². The molecule has 3 unspecified atom stereocenters. The first-order chi connectivity index (χ1) is 21.0. The molecule has 4 aliphatic rings. The van der Waals surface area contributed by atoms with E-state index in [0.717, 1.165) is 64.5 Å². The number of nitriles is 1. The van der Waals surface area contributed by atoms with Gasteiger partial charge in [0, 0.05) is 69.3 Å². The number of fused-ring (bicyclic) bond motifs is 1. The number of ether oxygens (including phenoxy) is 1. The molecule has 0 spiro atoms. The normalized spacial score (nSPS) is 26.9. The highest BCUT2D eigenvalue weighted by Crippen LogP contribution is 2.28. The van der Waals surface area contributed by atoms with E-state index in [9.17, 15) is 10.1 Å². The van der Waals surface area contributed by atoms with Gasteiger partial charge in [-0.3, -0.25) is 19.5 Å². The van der Waals surface area contributed by atoms with Gasteiger partial charge in [0.05, 0.1) is 37.3 Å². The number of nitrogen functional groups attached to an aromatic ring is 1. The van der Waals surface area contributed by atoms with E-state index < -0.39 is 0 Å². The number of anilines is 1. The molecule has 1 saturated carbocycles. The fourth-order valence-corrected chi connectivity index (χ4v) is 7.62. The van der Waals surface area contributed by atoms with Crippen molar-refractivity contribution in [2.45, 2.75) is 101 Å². The SMILES string of the molecule is CC(C#N)c1cnc2c(C(=O)NC3CN(C4CCCCCCCCC4)CCC3N3CCN(C4COC4)CC3)c(N)nn2c1. The minimum atomic E-state index is -0.326. The van der Waals surface area contributed by atoms with Gasteiger partial charge in [-0.05, 0) is 26.2 Å². The van der Waals surface area contributed by atoms with E-state index in [1.807, 2.05) is 6.92 Å². The van der Waals surface area contributed by atoms with Crippen LogP contribution in [0, 0.1) is 11.3 Å². The third-order valence-electron chi connectivity index (χ3n) is 10.4. The van der Waals surface area contributed by atoms with E-state index in [1.165, 1.54) is 57.8 Å². The van der Waals surface area contributed by atoms with E-state index >= 15 is 0 Å². The molecule has 4 fully saturated rings. The van der Waals surface area contributed by atoms with Crippen LogP contribution in [0.4, 0.5) is 5.82 Å². The van der Waals surface area contributed by atoms with Gasteiger partial charge >= 0.3 is 0 Å². The van der Waals surface area contributed by atoms with Crippen LogP contribution in [0.3, 0.4) is 0 Å². The van der Waals surface area contributed by atoms with Gasteiger partial charge in [0.15, 0.2) is 11.5 Å². The summed E-state index contributed by atoms with van der Waals surface area (Å²) < 4.78 is 6.99. The van der Waals surface area contributed by atoms with Crippen molar-refractivity contribution in [2.24, 2.45) is 0 Å². The second kappa shape index (κ2) is 13.9. The maximum absolute atomic E-state index is 14.0. The van der Waals surface area contributed by atoms with Crippen LogP contribution in [0.2, 0.25) is 0 Å². The standard InChI is InChI=1S/C32H49N9O2/c1-23(17-33)24-18-35-31-29(30(34)37-41(31)19-24)32(42)36-27-20-40(25-9-7-5-3-2-4-6-8-10-25)12-11-28(27)39-15-13-38(14-16-39)26-21-43-22-26/h18-19,23,25-28H,2-16,20-22H2,1H3,(H2,34,37)(H,36,42). The van der Waals surface area contributed by atoms with E-state index in [-0.39, 0.29) is 29.7 Å². The number of carbonyl (C=O) groups excluding carboxylic acids is 1. The Morgan fingerprint density at radius 1 is 0.977 bits per heavy atom. The molecular weight excluding hydrogens is 542 g/mol. The number of piperidine rings is 1. The highest BCUT2D eigenvalue weighted by atomic mass is 16.5. The van der Waals surface area contributed by atoms with Crippen molar-refractivity contribution in [1.82, 2.24) is 34.6 Å². The van der Waals surface area contributed by atoms with Crippen molar-refractivity contribution in [2.75, 3.05) is 58.2 Å². The third kappa shape index (κ3) is 6.83. The minimum absolute atomic E-state index is 0.0116. The van der Waals surface area contributed by atoms with Gasteiger partial charge in [0.25, 0.3) is 5.91 Å². The van der Waals surface area contributed by atoms with Crippen LogP contribution >= 0.6 is 0 Å². The molecule has 3 N–H and O–H groups in total. The number of rotatable bonds is 6. The Labute approximate surface area is 255 Å². The predicted molar refractivity (Wildman–Crippen MR) is 166 cm³/mol. The number of aromatic nitrogens is 3. The first kappa shape index (κ1) is 30.3. The molecule has 0 aromatic carbocycles. The van der Waals surface area contributed by atoms with Crippen LogP contribution in [0.5, 0.6) is 0 Å². The molecule has 1 aliphatic carbocycles. The number of nitrogens with one attached hydrogen (secondary N) is 1. The lowest BCUT2D eigenvalue weighted by atomic mass is 9.91. The summed E-state index contributed by atoms with van der Waals surface area (Å²) >= 11 is 0. The average Bonchev–Trinajstić information content (AvgIpc) is 3.34. The van der Waals surface area contributed by atoms with Crippen LogP contribution in [0.25, 0.3) is 5.65 Å². The molecule has 3 aliphatic heterocycles. The fourth-order valence-electron chi connectivity index (χ4n) is 7.62. The first-order valence-electron chi connectivity index (χ1n) is 16.7. The summed E-state index contributed by atoms with van der Waals surface area (Å²) in [6.07, 6.45) is 16.3. The smallest absolute Gasteiger partial charge is 0.259 e. The number of hydrogen-bond acceptors (Lipinski definition) is 9. The summed E-state index contributed by atoms with van der Waals surface area (Å²) in [5, 5.41) is 17.2. The molecule has 5 heterocycles. The third-order valence-corrected chi connectivity index (χ3v) is 10.4. The summed E-state index contributed by atoms with van der Waals surface area (Å²) in [4.78, 5) is 26.4. The highest BCUT2D eigenvalue weighted by Gasteiger charge is 2.39. The Bertz CT molecular complexity index is 1270. The lowest BCUT2D eigenvalue weighted by Crippen LogP contribution is -2.65. The summed E-state index contributed by atoms with van der Waals surface area (Å²) in [6, 6.07) is 3.64. The predicted octanol–water partition coefficient (Wildman–Crippen LogP) is 3.02. The zero-order valence-electron chi connectivity index (χ0n) is 25.8. The maximum atomic E-state index is 14.0. The van der Waals surface area contributed by atoms with Gasteiger partial charge in [0.1, 0.15) is 5.56 Å². The Kier molecular flexibility index (Phi) is 9.77. The number of likely N-dealkylation sites (tertiary alicyclic amines) is 1. The lowest BCUT2D eigenvalue weighted by Gasteiger charge is -2.50. The zero-order valence-corrected chi connectivity index (χ0v) is 25.8. The lowest BCUT2D eigenvalue weighted by molar-refractivity contribution is -0.0831. The molecule has 0 bridgehead atoms. The Morgan fingerprint density at radius 2 is 1.65 bits per heavy atom. The highest BCUT2D eigenvalue weighted by molar-refractivity contribution is 6.04. The zero-order chi connectivity index (χ0) is 29.8. The number of nitrogens with two attached hydrogens (primary N) is 1. The van der Waals surface area contributed by atoms with Crippen LogP contribution < -0.4 is 11.1 Å². The summed E-state index contributed by atoms with van der Waals surface area (Å²) in [5.41, 5.74) is 7.82. The minimum Gasteiger partial charge on any atom is -0.381 e. The quantitative estimate of drug-likeness (QED) is 0.521. The van der Waals surface area contributed by atoms with Crippen LogP contribution in [-0.2, 0) is 4.74 Å². The molecule has 43 heavy (non-hydrogen) atoms. The number of carbonyl (C=O) groups is 1. The van der Waals surface area contributed by atoms with Gasteiger partial charge in [-0.2, -0.15) is 5.26 Å². The van der Waals surface area contributed by atoms with Crippen molar-refractivity contribution < 1.29 is 9.53 Å². The van der Waals surface area contributed by atoms with Crippen LogP contribution in [-0.4, -0.2) is 112 Å². The number of piperazine rings is 1. The molecule has 11 nitrogen and oxygen atoms in total.